The molecule has 1 atom stereocenters. The van der Waals surface area contributed by atoms with Crippen LogP contribution >= 0.6 is 15.9 Å². The van der Waals surface area contributed by atoms with Crippen LogP contribution in [0.25, 0.3) is 0 Å². The van der Waals surface area contributed by atoms with Gasteiger partial charge in [-0.2, -0.15) is 0 Å². The lowest BCUT2D eigenvalue weighted by Gasteiger charge is -2.13. The molecule has 0 saturated carbocycles. The zero-order chi connectivity index (χ0) is 14.4. The first-order valence-corrected chi connectivity index (χ1v) is 7.95. The average molecular weight is 340 g/mol. The van der Waals surface area contributed by atoms with Crippen molar-refractivity contribution in [3.05, 3.63) is 28.7 Å². The zero-order valence-corrected chi connectivity index (χ0v) is 13.4. The Morgan fingerprint density at radius 3 is 2.80 bits per heavy atom. The van der Waals surface area contributed by atoms with Crippen molar-refractivity contribution >= 4 is 27.5 Å². The van der Waals surface area contributed by atoms with E-state index in [2.05, 4.69) is 38.4 Å². The summed E-state index contributed by atoms with van der Waals surface area (Å²) in [7, 11) is 0. The first kappa shape index (κ1) is 15.5. The number of carbonyl (C=O) groups is 1. The third-order valence-electron chi connectivity index (χ3n) is 3.66. The van der Waals surface area contributed by atoms with E-state index in [1.807, 2.05) is 24.3 Å². The van der Waals surface area contributed by atoms with Crippen LogP contribution in [0, 0.1) is 5.92 Å². The molecule has 1 heterocycles. The fraction of sp³-hybridized carbons (Fsp3) is 0.533. The molecule has 0 aromatic heterocycles. The van der Waals surface area contributed by atoms with Crippen LogP contribution in [0.1, 0.15) is 13.3 Å². The van der Waals surface area contributed by atoms with Gasteiger partial charge >= 0.3 is 0 Å². The third kappa shape index (κ3) is 4.89. The number of likely N-dealkylation sites (tertiary alicyclic amines) is 1. The summed E-state index contributed by atoms with van der Waals surface area (Å²) in [5, 5.41) is 6.14. The van der Waals surface area contributed by atoms with Crippen molar-refractivity contribution in [2.45, 2.75) is 13.3 Å². The molecule has 2 N–H and O–H groups in total. The van der Waals surface area contributed by atoms with Gasteiger partial charge in [0.05, 0.1) is 6.54 Å². The van der Waals surface area contributed by atoms with E-state index < -0.39 is 0 Å². The maximum absolute atomic E-state index is 11.8. The van der Waals surface area contributed by atoms with Crippen LogP contribution in [-0.2, 0) is 4.79 Å². The van der Waals surface area contributed by atoms with E-state index in [0.717, 1.165) is 29.8 Å². The Bertz CT molecular complexity index is 435. The Hall–Kier alpha value is -0.910. The standard InChI is InChI=1S/C15H22BrN3O/c1-2-19-8-7-12(11-19)9-17-10-15(20)18-14-5-3-13(16)4-6-14/h3-6,12,17H,2,7-11H2,1H3,(H,18,20). The van der Waals surface area contributed by atoms with Gasteiger partial charge < -0.3 is 15.5 Å². The second-order valence-corrected chi connectivity index (χ2v) is 6.15. The fourth-order valence-corrected chi connectivity index (χ4v) is 2.76. The van der Waals surface area contributed by atoms with Crippen LogP contribution in [0.5, 0.6) is 0 Å². The highest BCUT2D eigenvalue weighted by Crippen LogP contribution is 2.15. The quantitative estimate of drug-likeness (QED) is 0.835. The van der Waals surface area contributed by atoms with Crippen LogP contribution in [-0.4, -0.2) is 43.5 Å². The van der Waals surface area contributed by atoms with Crippen LogP contribution in [0.2, 0.25) is 0 Å². The molecule has 1 aromatic rings. The second kappa shape index (κ2) is 7.76. The first-order chi connectivity index (χ1) is 9.67. The van der Waals surface area contributed by atoms with Gasteiger partial charge in [-0.25, -0.2) is 0 Å². The molecule has 1 aromatic carbocycles. The van der Waals surface area contributed by atoms with Crippen molar-refractivity contribution in [3.8, 4) is 0 Å². The second-order valence-electron chi connectivity index (χ2n) is 5.23. The van der Waals surface area contributed by atoms with Crippen molar-refractivity contribution in [1.29, 1.82) is 0 Å². The summed E-state index contributed by atoms with van der Waals surface area (Å²) in [5.41, 5.74) is 0.832. The van der Waals surface area contributed by atoms with Gasteiger partial charge in [-0.1, -0.05) is 22.9 Å². The van der Waals surface area contributed by atoms with Crippen LogP contribution < -0.4 is 10.6 Å². The largest absolute Gasteiger partial charge is 0.325 e. The van der Waals surface area contributed by atoms with Crippen molar-refractivity contribution in [1.82, 2.24) is 10.2 Å². The van der Waals surface area contributed by atoms with E-state index in [4.69, 9.17) is 0 Å². The van der Waals surface area contributed by atoms with E-state index in [1.165, 1.54) is 13.0 Å². The molecule has 0 aliphatic carbocycles. The van der Waals surface area contributed by atoms with E-state index in [-0.39, 0.29) is 5.91 Å². The molecule has 2 rings (SSSR count). The number of hydrogen-bond donors (Lipinski definition) is 2. The number of nitrogens with zero attached hydrogens (tertiary/aromatic N) is 1. The highest BCUT2D eigenvalue weighted by Gasteiger charge is 2.20. The molecule has 1 aliphatic heterocycles. The Morgan fingerprint density at radius 2 is 2.15 bits per heavy atom. The molecule has 1 aliphatic rings. The Labute approximate surface area is 129 Å². The van der Waals surface area contributed by atoms with Gasteiger partial charge in [0.15, 0.2) is 0 Å². The summed E-state index contributed by atoms with van der Waals surface area (Å²) in [5.74, 6) is 0.688. The maximum Gasteiger partial charge on any atom is 0.238 e. The molecule has 1 fully saturated rings. The smallest absolute Gasteiger partial charge is 0.238 e. The maximum atomic E-state index is 11.8. The van der Waals surface area contributed by atoms with Gasteiger partial charge in [-0.05, 0) is 56.2 Å². The number of rotatable bonds is 6. The summed E-state index contributed by atoms with van der Waals surface area (Å²) in [6, 6.07) is 7.61. The molecule has 5 heteroatoms. The minimum atomic E-state index is 0.0117. The number of halogens is 1. The molecule has 0 spiro atoms. The minimum Gasteiger partial charge on any atom is -0.325 e. The lowest BCUT2D eigenvalue weighted by molar-refractivity contribution is -0.115. The fourth-order valence-electron chi connectivity index (χ4n) is 2.49. The van der Waals surface area contributed by atoms with Gasteiger partial charge in [0, 0.05) is 16.7 Å². The number of carbonyl (C=O) groups excluding carboxylic acids is 1. The van der Waals surface area contributed by atoms with Gasteiger partial charge in [0.1, 0.15) is 0 Å². The summed E-state index contributed by atoms with van der Waals surface area (Å²) in [4.78, 5) is 14.2. The Balaban J connectivity index is 1.64. The first-order valence-electron chi connectivity index (χ1n) is 7.16. The monoisotopic (exact) mass is 339 g/mol. The molecule has 0 bridgehead atoms. The highest BCUT2D eigenvalue weighted by atomic mass is 79.9. The number of anilines is 1. The van der Waals surface area contributed by atoms with Crippen LogP contribution in [0.4, 0.5) is 5.69 Å². The van der Waals surface area contributed by atoms with Crippen molar-refractivity contribution < 1.29 is 4.79 Å². The molecule has 1 unspecified atom stereocenters. The highest BCUT2D eigenvalue weighted by molar-refractivity contribution is 9.10. The van der Waals surface area contributed by atoms with Gasteiger partial charge in [-0.3, -0.25) is 4.79 Å². The molecule has 4 nitrogen and oxygen atoms in total. The molecular formula is C15H22BrN3O. The molecule has 0 radical (unpaired) electrons. The summed E-state index contributed by atoms with van der Waals surface area (Å²) < 4.78 is 1.01. The third-order valence-corrected chi connectivity index (χ3v) is 4.19. The van der Waals surface area contributed by atoms with Crippen LogP contribution in [0.15, 0.2) is 28.7 Å². The topological polar surface area (TPSA) is 44.4 Å². The normalized spacial score (nSPS) is 19.2. The number of nitrogens with one attached hydrogen (secondary N) is 2. The molecular weight excluding hydrogens is 318 g/mol. The zero-order valence-electron chi connectivity index (χ0n) is 11.9. The minimum absolute atomic E-state index is 0.0117. The van der Waals surface area contributed by atoms with Crippen LogP contribution in [0.3, 0.4) is 0 Å². The van der Waals surface area contributed by atoms with Crippen molar-refractivity contribution in [3.63, 3.8) is 0 Å². The van der Waals surface area contributed by atoms with Crippen molar-refractivity contribution in [2.75, 3.05) is 38.0 Å². The lowest BCUT2D eigenvalue weighted by Crippen LogP contribution is -2.32. The van der Waals surface area contributed by atoms with Crippen molar-refractivity contribution in [2.24, 2.45) is 5.92 Å². The van der Waals surface area contributed by atoms with Gasteiger partial charge in [0.2, 0.25) is 5.91 Å². The van der Waals surface area contributed by atoms with Gasteiger partial charge in [-0.15, -0.1) is 0 Å². The SMILES string of the molecule is CCN1CCC(CNCC(=O)Nc2ccc(Br)cc2)C1. The van der Waals surface area contributed by atoms with Gasteiger partial charge in [0.25, 0.3) is 0 Å². The molecule has 1 saturated heterocycles. The Kier molecular flexibility index (Phi) is 6.01. The number of benzene rings is 1. The van der Waals surface area contributed by atoms with E-state index in [9.17, 15) is 4.79 Å². The Morgan fingerprint density at radius 1 is 1.40 bits per heavy atom. The van der Waals surface area contributed by atoms with E-state index >= 15 is 0 Å². The van der Waals surface area contributed by atoms with E-state index in [1.54, 1.807) is 0 Å². The predicted octanol–water partition coefficient (Wildman–Crippen LogP) is 2.32. The lowest BCUT2D eigenvalue weighted by atomic mass is 10.1. The van der Waals surface area contributed by atoms with E-state index in [0.29, 0.717) is 12.5 Å². The molecule has 1 amide bonds. The predicted molar refractivity (Wildman–Crippen MR) is 85.9 cm³/mol. The molecule has 20 heavy (non-hydrogen) atoms. The number of amides is 1. The average Bonchev–Trinajstić information content (AvgIpc) is 2.89. The summed E-state index contributed by atoms with van der Waals surface area (Å²) >= 11 is 3.37. The summed E-state index contributed by atoms with van der Waals surface area (Å²) in [6.07, 6.45) is 1.23. The number of hydrogen-bond acceptors (Lipinski definition) is 3. The molecule has 110 valence electrons. The summed E-state index contributed by atoms with van der Waals surface area (Å²) in [6.45, 7) is 6.96.